The van der Waals surface area contributed by atoms with Crippen LogP contribution in [-0.4, -0.2) is 29.1 Å². The molecule has 172 valence electrons. The third-order valence-corrected chi connectivity index (χ3v) is 5.05. The predicted molar refractivity (Wildman–Crippen MR) is 134 cm³/mol. The maximum Gasteiger partial charge on any atom is 0.265 e. The molecule has 0 fully saturated rings. The second-order valence-corrected chi connectivity index (χ2v) is 7.68. The standard InChI is InChI=1S/C27H26N4O3/c1-18(34-24-14-12-23(33-3)13-15-24)27(32)31-22-11-7-10-21(16-22)30-26-17-25(28-19(2)29-26)20-8-5-4-6-9-20/h4-18H,1-3H3,(H,31,32)(H,28,29,30). The Kier molecular flexibility index (Phi) is 7.03. The highest BCUT2D eigenvalue weighted by molar-refractivity contribution is 5.94. The fourth-order valence-corrected chi connectivity index (χ4v) is 3.37. The van der Waals surface area contributed by atoms with Crippen LogP contribution in [0.5, 0.6) is 11.5 Å². The normalized spacial score (nSPS) is 11.4. The third-order valence-electron chi connectivity index (χ3n) is 5.05. The van der Waals surface area contributed by atoms with Crippen molar-refractivity contribution in [3.8, 4) is 22.8 Å². The van der Waals surface area contributed by atoms with Crippen molar-refractivity contribution >= 4 is 23.1 Å². The van der Waals surface area contributed by atoms with E-state index in [1.165, 1.54) is 0 Å². The number of benzene rings is 3. The number of amides is 1. The van der Waals surface area contributed by atoms with Crippen molar-refractivity contribution in [2.45, 2.75) is 20.0 Å². The highest BCUT2D eigenvalue weighted by Gasteiger charge is 2.15. The molecular formula is C27H26N4O3. The minimum atomic E-state index is -0.678. The van der Waals surface area contributed by atoms with Gasteiger partial charge in [0.1, 0.15) is 23.1 Å². The van der Waals surface area contributed by atoms with Crippen LogP contribution >= 0.6 is 0 Å². The Hall–Kier alpha value is -4.39. The van der Waals surface area contributed by atoms with Crippen LogP contribution in [0.1, 0.15) is 12.7 Å². The zero-order valence-corrected chi connectivity index (χ0v) is 19.3. The summed E-state index contributed by atoms with van der Waals surface area (Å²) in [6, 6.07) is 26.4. The van der Waals surface area contributed by atoms with E-state index in [4.69, 9.17) is 9.47 Å². The van der Waals surface area contributed by atoms with E-state index in [9.17, 15) is 4.79 Å². The maximum absolute atomic E-state index is 12.7. The van der Waals surface area contributed by atoms with Crippen molar-refractivity contribution in [1.29, 1.82) is 0 Å². The number of anilines is 3. The van der Waals surface area contributed by atoms with Gasteiger partial charge in [-0.05, 0) is 56.3 Å². The molecule has 1 amide bonds. The summed E-state index contributed by atoms with van der Waals surface area (Å²) in [4.78, 5) is 21.7. The molecule has 1 atom stereocenters. The van der Waals surface area contributed by atoms with Gasteiger partial charge in [-0.25, -0.2) is 9.97 Å². The van der Waals surface area contributed by atoms with E-state index in [1.807, 2.05) is 67.6 Å². The van der Waals surface area contributed by atoms with E-state index in [0.717, 1.165) is 22.7 Å². The predicted octanol–water partition coefficient (Wildman–Crippen LogP) is 5.61. The van der Waals surface area contributed by atoms with Gasteiger partial charge >= 0.3 is 0 Å². The van der Waals surface area contributed by atoms with Crippen molar-refractivity contribution in [3.05, 3.63) is 90.8 Å². The molecule has 1 heterocycles. The van der Waals surface area contributed by atoms with E-state index >= 15 is 0 Å². The van der Waals surface area contributed by atoms with Gasteiger partial charge in [0.15, 0.2) is 6.10 Å². The SMILES string of the molecule is COc1ccc(OC(C)C(=O)Nc2cccc(Nc3cc(-c4ccccc4)nc(C)n3)c2)cc1. The Bertz CT molecular complexity index is 1260. The molecule has 0 saturated carbocycles. The summed E-state index contributed by atoms with van der Waals surface area (Å²) in [5, 5.41) is 6.20. The van der Waals surface area contributed by atoms with Gasteiger partial charge in [0.05, 0.1) is 12.8 Å². The second-order valence-electron chi connectivity index (χ2n) is 7.68. The van der Waals surface area contributed by atoms with Crippen molar-refractivity contribution in [2.24, 2.45) is 0 Å². The lowest BCUT2D eigenvalue weighted by Crippen LogP contribution is -2.30. The number of hydrogen-bond donors (Lipinski definition) is 2. The minimum absolute atomic E-state index is 0.253. The lowest BCUT2D eigenvalue weighted by molar-refractivity contribution is -0.122. The van der Waals surface area contributed by atoms with Crippen LogP contribution in [0.4, 0.5) is 17.2 Å². The number of nitrogens with zero attached hydrogens (tertiary/aromatic N) is 2. The quantitative estimate of drug-likeness (QED) is 0.360. The molecule has 34 heavy (non-hydrogen) atoms. The molecule has 1 unspecified atom stereocenters. The number of hydrogen-bond acceptors (Lipinski definition) is 6. The Balaban J connectivity index is 1.43. The van der Waals surface area contributed by atoms with Crippen LogP contribution in [-0.2, 0) is 4.79 Å². The Morgan fingerprint density at radius 3 is 2.29 bits per heavy atom. The van der Waals surface area contributed by atoms with Crippen LogP contribution in [0.3, 0.4) is 0 Å². The first-order valence-corrected chi connectivity index (χ1v) is 10.9. The minimum Gasteiger partial charge on any atom is -0.497 e. The molecule has 0 saturated heterocycles. The van der Waals surface area contributed by atoms with Crippen molar-refractivity contribution < 1.29 is 14.3 Å². The van der Waals surface area contributed by atoms with Gasteiger partial charge < -0.3 is 20.1 Å². The number of carbonyl (C=O) groups excluding carboxylic acids is 1. The summed E-state index contributed by atoms with van der Waals surface area (Å²) < 4.78 is 10.9. The van der Waals surface area contributed by atoms with E-state index in [-0.39, 0.29) is 5.91 Å². The molecule has 4 rings (SSSR count). The van der Waals surface area contributed by atoms with Gasteiger partial charge in [-0.3, -0.25) is 4.79 Å². The average Bonchev–Trinajstić information content (AvgIpc) is 2.85. The summed E-state index contributed by atoms with van der Waals surface area (Å²) >= 11 is 0. The van der Waals surface area contributed by atoms with E-state index in [0.29, 0.717) is 23.1 Å². The van der Waals surface area contributed by atoms with Gasteiger partial charge in [0.25, 0.3) is 5.91 Å². The molecule has 0 aliphatic heterocycles. The topological polar surface area (TPSA) is 85.4 Å². The van der Waals surface area contributed by atoms with Crippen LogP contribution < -0.4 is 20.1 Å². The molecule has 0 aliphatic carbocycles. The third kappa shape index (κ3) is 5.89. The Labute approximate surface area is 198 Å². The van der Waals surface area contributed by atoms with Gasteiger partial charge in [-0.1, -0.05) is 36.4 Å². The smallest absolute Gasteiger partial charge is 0.265 e. The lowest BCUT2D eigenvalue weighted by Gasteiger charge is -2.16. The highest BCUT2D eigenvalue weighted by Crippen LogP contribution is 2.24. The summed E-state index contributed by atoms with van der Waals surface area (Å²) in [5.41, 5.74) is 3.29. The largest absolute Gasteiger partial charge is 0.497 e. The number of carbonyl (C=O) groups is 1. The fraction of sp³-hybridized carbons (Fsp3) is 0.148. The van der Waals surface area contributed by atoms with Gasteiger partial charge in [0.2, 0.25) is 0 Å². The van der Waals surface area contributed by atoms with Crippen LogP contribution in [0.25, 0.3) is 11.3 Å². The van der Waals surface area contributed by atoms with Crippen molar-refractivity contribution in [3.63, 3.8) is 0 Å². The summed E-state index contributed by atoms with van der Waals surface area (Å²) in [6.45, 7) is 3.56. The molecule has 7 heteroatoms. The van der Waals surface area contributed by atoms with Crippen molar-refractivity contribution in [1.82, 2.24) is 9.97 Å². The molecule has 4 aromatic rings. The molecule has 7 nitrogen and oxygen atoms in total. The highest BCUT2D eigenvalue weighted by atomic mass is 16.5. The Morgan fingerprint density at radius 2 is 1.56 bits per heavy atom. The maximum atomic E-state index is 12.7. The first-order chi connectivity index (χ1) is 16.5. The van der Waals surface area contributed by atoms with Crippen LogP contribution in [0.2, 0.25) is 0 Å². The summed E-state index contributed by atoms with van der Waals surface area (Å²) in [7, 11) is 1.60. The van der Waals surface area contributed by atoms with Crippen molar-refractivity contribution in [2.75, 3.05) is 17.7 Å². The van der Waals surface area contributed by atoms with E-state index in [1.54, 1.807) is 38.3 Å². The van der Waals surface area contributed by atoms with Crippen LogP contribution in [0, 0.1) is 6.92 Å². The molecule has 0 radical (unpaired) electrons. The lowest BCUT2D eigenvalue weighted by atomic mass is 10.1. The van der Waals surface area contributed by atoms with E-state index < -0.39 is 6.10 Å². The summed E-state index contributed by atoms with van der Waals surface area (Å²) in [5.74, 6) is 2.40. The van der Waals surface area contributed by atoms with Gasteiger partial charge in [-0.2, -0.15) is 0 Å². The number of ether oxygens (including phenoxy) is 2. The molecule has 3 aromatic carbocycles. The number of aromatic nitrogens is 2. The second kappa shape index (κ2) is 10.5. The molecule has 2 N–H and O–H groups in total. The first-order valence-electron chi connectivity index (χ1n) is 10.9. The zero-order chi connectivity index (χ0) is 23.9. The summed E-state index contributed by atoms with van der Waals surface area (Å²) in [6.07, 6.45) is -0.678. The monoisotopic (exact) mass is 454 g/mol. The number of methoxy groups -OCH3 is 1. The molecule has 0 bridgehead atoms. The number of rotatable bonds is 8. The van der Waals surface area contributed by atoms with Gasteiger partial charge in [-0.15, -0.1) is 0 Å². The molecule has 0 aliphatic rings. The molecular weight excluding hydrogens is 428 g/mol. The average molecular weight is 455 g/mol. The fourth-order valence-electron chi connectivity index (χ4n) is 3.37. The first kappa shape index (κ1) is 22.8. The van der Waals surface area contributed by atoms with E-state index in [2.05, 4.69) is 20.6 Å². The molecule has 0 spiro atoms. The number of nitrogens with one attached hydrogen (secondary N) is 2. The molecule has 1 aromatic heterocycles. The Morgan fingerprint density at radius 1 is 0.853 bits per heavy atom. The van der Waals surface area contributed by atoms with Gasteiger partial charge in [0, 0.05) is 23.0 Å². The zero-order valence-electron chi connectivity index (χ0n) is 19.3. The number of aryl methyl sites for hydroxylation is 1. The van der Waals surface area contributed by atoms with Crippen LogP contribution in [0.15, 0.2) is 84.9 Å².